The van der Waals surface area contributed by atoms with Gasteiger partial charge >= 0.3 is 0 Å². The highest BCUT2D eigenvalue weighted by molar-refractivity contribution is 7.09. The Hall–Kier alpha value is -1.13. The average Bonchev–Trinajstić information content (AvgIpc) is 2.83. The molecule has 0 amide bonds. The lowest BCUT2D eigenvalue weighted by molar-refractivity contribution is 0.616. The van der Waals surface area contributed by atoms with E-state index in [-0.39, 0.29) is 5.54 Å². The number of anilines is 1. The van der Waals surface area contributed by atoms with Gasteiger partial charge in [0.1, 0.15) is 6.33 Å². The van der Waals surface area contributed by atoms with Crippen molar-refractivity contribution < 1.29 is 0 Å². The van der Waals surface area contributed by atoms with Gasteiger partial charge in [0.2, 0.25) is 5.13 Å². The van der Waals surface area contributed by atoms with Crippen LogP contribution in [0.4, 0.5) is 5.13 Å². The van der Waals surface area contributed by atoms with Crippen LogP contribution in [-0.2, 0) is 5.54 Å². The maximum atomic E-state index is 6.05. The van der Waals surface area contributed by atoms with Crippen LogP contribution in [0.1, 0.15) is 12.5 Å². The molecule has 0 radical (unpaired) electrons. The van der Waals surface area contributed by atoms with Crippen LogP contribution in [0, 0.1) is 0 Å². The minimum Gasteiger partial charge on any atom is -0.350 e. The highest BCUT2D eigenvalue weighted by atomic mass is 35.5. The van der Waals surface area contributed by atoms with Gasteiger partial charge in [0.15, 0.2) is 0 Å². The van der Waals surface area contributed by atoms with Crippen LogP contribution in [0.25, 0.3) is 0 Å². The lowest BCUT2D eigenvalue weighted by Crippen LogP contribution is -2.33. The highest BCUT2D eigenvalue weighted by Gasteiger charge is 2.26. The van der Waals surface area contributed by atoms with Crippen molar-refractivity contribution in [3.8, 4) is 0 Å². The fourth-order valence-corrected chi connectivity index (χ4v) is 2.23. The van der Waals surface area contributed by atoms with Crippen molar-refractivity contribution in [1.82, 2.24) is 9.36 Å². The molecule has 2 rings (SSSR count). The molecule has 1 aromatic carbocycles. The molecule has 1 aromatic heterocycles. The average molecular weight is 254 g/mol. The van der Waals surface area contributed by atoms with Crippen molar-refractivity contribution in [2.75, 3.05) is 11.2 Å². The Morgan fingerprint density at radius 1 is 1.38 bits per heavy atom. The van der Waals surface area contributed by atoms with Crippen molar-refractivity contribution >= 4 is 28.3 Å². The number of alkyl halides is 1. The van der Waals surface area contributed by atoms with Crippen molar-refractivity contribution in [3.05, 3.63) is 42.2 Å². The van der Waals surface area contributed by atoms with Crippen LogP contribution in [-0.4, -0.2) is 15.2 Å². The second-order valence-corrected chi connectivity index (χ2v) is 4.75. The van der Waals surface area contributed by atoms with E-state index in [1.165, 1.54) is 17.9 Å². The quantitative estimate of drug-likeness (QED) is 0.851. The zero-order chi connectivity index (χ0) is 11.4. The van der Waals surface area contributed by atoms with Gasteiger partial charge in [-0.3, -0.25) is 0 Å². The molecule has 1 N–H and O–H groups in total. The number of hydrogen-bond acceptors (Lipinski definition) is 4. The van der Waals surface area contributed by atoms with Crippen LogP contribution in [0.5, 0.6) is 0 Å². The lowest BCUT2D eigenvalue weighted by atomic mass is 9.94. The van der Waals surface area contributed by atoms with E-state index in [2.05, 4.69) is 33.7 Å². The second-order valence-electron chi connectivity index (χ2n) is 3.70. The van der Waals surface area contributed by atoms with E-state index in [1.54, 1.807) is 0 Å². The normalized spacial score (nSPS) is 14.4. The van der Waals surface area contributed by atoms with E-state index in [1.807, 2.05) is 18.2 Å². The summed E-state index contributed by atoms with van der Waals surface area (Å²) in [6.45, 7) is 2.05. The Bertz CT molecular complexity index is 432. The third-order valence-corrected chi connectivity index (χ3v) is 3.54. The fraction of sp³-hybridized carbons (Fsp3) is 0.273. The predicted octanol–water partition coefficient (Wildman–Crippen LogP) is 3.10. The standard InChI is InChI=1S/C11H12ClN3S/c1-11(7-12,9-5-3-2-4-6-9)15-10-13-8-14-16-10/h2-6,8H,7H2,1H3,(H,13,14,15). The summed E-state index contributed by atoms with van der Waals surface area (Å²) in [5, 5.41) is 4.10. The number of nitrogens with one attached hydrogen (secondary N) is 1. The van der Waals surface area contributed by atoms with Gasteiger partial charge in [-0.2, -0.15) is 4.37 Å². The number of rotatable bonds is 4. The van der Waals surface area contributed by atoms with Crippen LogP contribution in [0.3, 0.4) is 0 Å². The fourth-order valence-electron chi connectivity index (χ4n) is 1.45. The molecule has 1 heterocycles. The predicted molar refractivity (Wildman–Crippen MR) is 68.0 cm³/mol. The molecule has 0 saturated heterocycles. The third-order valence-electron chi connectivity index (χ3n) is 2.42. The van der Waals surface area contributed by atoms with Gasteiger partial charge in [-0.1, -0.05) is 30.3 Å². The zero-order valence-electron chi connectivity index (χ0n) is 8.85. The van der Waals surface area contributed by atoms with Gasteiger partial charge in [-0.25, -0.2) is 4.98 Å². The van der Waals surface area contributed by atoms with E-state index < -0.39 is 0 Å². The maximum Gasteiger partial charge on any atom is 0.203 e. The monoisotopic (exact) mass is 253 g/mol. The van der Waals surface area contributed by atoms with Crippen molar-refractivity contribution in [3.63, 3.8) is 0 Å². The first kappa shape index (κ1) is 11.4. The summed E-state index contributed by atoms with van der Waals surface area (Å²) in [6.07, 6.45) is 1.53. The number of halogens is 1. The van der Waals surface area contributed by atoms with Crippen LogP contribution >= 0.6 is 23.1 Å². The molecule has 1 unspecified atom stereocenters. The molecule has 0 aliphatic carbocycles. The highest BCUT2D eigenvalue weighted by Crippen LogP contribution is 2.27. The molecule has 1 atom stereocenters. The largest absolute Gasteiger partial charge is 0.350 e. The third kappa shape index (κ3) is 2.33. The van der Waals surface area contributed by atoms with E-state index in [9.17, 15) is 0 Å². The lowest BCUT2D eigenvalue weighted by Gasteiger charge is -2.28. The molecule has 0 spiro atoms. The molecule has 5 heteroatoms. The van der Waals surface area contributed by atoms with Crippen molar-refractivity contribution in [1.29, 1.82) is 0 Å². The number of nitrogens with zero attached hydrogens (tertiary/aromatic N) is 2. The number of aromatic nitrogens is 2. The van der Waals surface area contributed by atoms with Gasteiger partial charge in [0.05, 0.1) is 5.54 Å². The molecule has 0 aliphatic rings. The summed E-state index contributed by atoms with van der Waals surface area (Å²) in [4.78, 5) is 4.11. The van der Waals surface area contributed by atoms with Gasteiger partial charge in [0, 0.05) is 17.4 Å². The van der Waals surface area contributed by atoms with Gasteiger partial charge in [-0.05, 0) is 12.5 Å². The summed E-state index contributed by atoms with van der Waals surface area (Å²) in [5.41, 5.74) is 0.822. The molecule has 84 valence electrons. The SMILES string of the molecule is CC(CCl)(Nc1ncns1)c1ccccc1. The van der Waals surface area contributed by atoms with Gasteiger partial charge in [-0.15, -0.1) is 11.6 Å². The molecular weight excluding hydrogens is 242 g/mol. The molecule has 0 fully saturated rings. The summed E-state index contributed by atoms with van der Waals surface area (Å²) in [5.74, 6) is 0.469. The molecule has 0 bridgehead atoms. The molecule has 2 aromatic rings. The Balaban J connectivity index is 2.26. The first-order valence-electron chi connectivity index (χ1n) is 4.91. The Morgan fingerprint density at radius 2 is 2.12 bits per heavy atom. The smallest absolute Gasteiger partial charge is 0.203 e. The molecule has 0 saturated carbocycles. The molecule has 0 aliphatic heterocycles. The maximum absolute atomic E-state index is 6.05. The van der Waals surface area contributed by atoms with Crippen molar-refractivity contribution in [2.45, 2.75) is 12.5 Å². The summed E-state index contributed by atoms with van der Waals surface area (Å²) >= 11 is 7.38. The van der Waals surface area contributed by atoms with Crippen molar-refractivity contribution in [2.24, 2.45) is 0 Å². The van der Waals surface area contributed by atoms with E-state index in [0.29, 0.717) is 5.88 Å². The van der Waals surface area contributed by atoms with Crippen LogP contribution in [0.15, 0.2) is 36.7 Å². The Labute approximate surface area is 104 Å². The summed E-state index contributed by atoms with van der Waals surface area (Å²) < 4.78 is 3.96. The molecule has 16 heavy (non-hydrogen) atoms. The van der Waals surface area contributed by atoms with Gasteiger partial charge in [0.25, 0.3) is 0 Å². The Morgan fingerprint density at radius 3 is 2.69 bits per heavy atom. The first-order chi connectivity index (χ1) is 7.74. The van der Waals surface area contributed by atoms with E-state index in [4.69, 9.17) is 11.6 Å². The number of benzene rings is 1. The minimum atomic E-state index is -0.317. The summed E-state index contributed by atoms with van der Waals surface area (Å²) in [6, 6.07) is 10.1. The van der Waals surface area contributed by atoms with Crippen LogP contribution in [0.2, 0.25) is 0 Å². The minimum absolute atomic E-state index is 0.317. The topological polar surface area (TPSA) is 37.8 Å². The zero-order valence-corrected chi connectivity index (χ0v) is 10.4. The Kier molecular flexibility index (Phi) is 3.41. The van der Waals surface area contributed by atoms with Crippen LogP contribution < -0.4 is 5.32 Å². The van der Waals surface area contributed by atoms with Gasteiger partial charge < -0.3 is 5.32 Å². The first-order valence-corrected chi connectivity index (χ1v) is 6.22. The summed E-state index contributed by atoms with van der Waals surface area (Å²) in [7, 11) is 0. The van der Waals surface area contributed by atoms with E-state index >= 15 is 0 Å². The van der Waals surface area contributed by atoms with E-state index in [0.717, 1.165) is 10.7 Å². The molecular formula is C11H12ClN3S. The second kappa shape index (κ2) is 4.80. The molecule has 3 nitrogen and oxygen atoms in total. The number of hydrogen-bond donors (Lipinski definition) is 1.